The molecule has 0 fully saturated rings. The van der Waals surface area contributed by atoms with Crippen LogP contribution in [0, 0.1) is 6.92 Å². The lowest BCUT2D eigenvalue weighted by molar-refractivity contribution is 0.0602. The largest absolute Gasteiger partial charge is 0.497 e. The number of hydrogen-bond donors (Lipinski definition) is 1. The van der Waals surface area contributed by atoms with Crippen molar-refractivity contribution in [2.45, 2.75) is 6.92 Å². The predicted molar refractivity (Wildman–Crippen MR) is 75.6 cm³/mol. The van der Waals surface area contributed by atoms with Crippen LogP contribution in [0.3, 0.4) is 0 Å². The number of aryl methyl sites for hydroxylation is 2. The molecule has 106 valence electrons. The molecule has 0 unspecified atom stereocenters. The van der Waals surface area contributed by atoms with Crippen molar-refractivity contribution >= 4 is 17.5 Å². The van der Waals surface area contributed by atoms with Crippen LogP contribution in [0.2, 0.25) is 0 Å². The van der Waals surface area contributed by atoms with Gasteiger partial charge in [0.05, 0.1) is 31.2 Å². The zero-order valence-electron chi connectivity index (χ0n) is 11.9. The average Bonchev–Trinajstić information content (AvgIpc) is 2.76. The van der Waals surface area contributed by atoms with Gasteiger partial charge in [0.15, 0.2) is 0 Å². The van der Waals surface area contributed by atoms with Crippen LogP contribution in [-0.2, 0) is 11.8 Å². The minimum absolute atomic E-state index is 0.408. The van der Waals surface area contributed by atoms with Gasteiger partial charge in [-0.05, 0) is 19.1 Å². The number of carbonyl (C=O) groups excluding carboxylic acids is 1. The number of anilines is 2. The van der Waals surface area contributed by atoms with Crippen molar-refractivity contribution in [1.82, 2.24) is 9.78 Å². The highest BCUT2D eigenvalue weighted by Crippen LogP contribution is 2.26. The van der Waals surface area contributed by atoms with Gasteiger partial charge in [-0.15, -0.1) is 0 Å². The van der Waals surface area contributed by atoms with E-state index in [1.165, 1.54) is 7.11 Å². The van der Waals surface area contributed by atoms with E-state index in [2.05, 4.69) is 10.4 Å². The molecule has 0 spiro atoms. The van der Waals surface area contributed by atoms with Crippen LogP contribution in [0.1, 0.15) is 16.1 Å². The van der Waals surface area contributed by atoms with Crippen molar-refractivity contribution in [2.75, 3.05) is 19.5 Å². The number of nitrogens with zero attached hydrogens (tertiary/aromatic N) is 2. The first-order valence-corrected chi connectivity index (χ1v) is 6.09. The average molecular weight is 275 g/mol. The maximum absolute atomic E-state index is 11.8. The van der Waals surface area contributed by atoms with Gasteiger partial charge in [0.25, 0.3) is 0 Å². The molecule has 0 radical (unpaired) electrons. The van der Waals surface area contributed by atoms with E-state index in [0.29, 0.717) is 17.0 Å². The van der Waals surface area contributed by atoms with Gasteiger partial charge in [0.2, 0.25) is 0 Å². The lowest BCUT2D eigenvalue weighted by Gasteiger charge is -2.12. The third-order valence-electron chi connectivity index (χ3n) is 2.90. The van der Waals surface area contributed by atoms with E-state index in [9.17, 15) is 4.79 Å². The van der Waals surface area contributed by atoms with Gasteiger partial charge < -0.3 is 14.8 Å². The highest BCUT2D eigenvalue weighted by atomic mass is 16.5. The first kappa shape index (κ1) is 13.9. The van der Waals surface area contributed by atoms with E-state index in [-0.39, 0.29) is 0 Å². The Kier molecular flexibility index (Phi) is 3.93. The Hall–Kier alpha value is -2.50. The van der Waals surface area contributed by atoms with Crippen LogP contribution in [0.4, 0.5) is 11.5 Å². The zero-order valence-corrected chi connectivity index (χ0v) is 11.9. The summed E-state index contributed by atoms with van der Waals surface area (Å²) in [6.45, 7) is 1.90. The normalized spacial score (nSPS) is 10.2. The van der Waals surface area contributed by atoms with E-state index in [4.69, 9.17) is 9.47 Å². The standard InChI is InChI=1S/C14H17N3O3/c1-9-7-13(17(2)16-9)15-12-8-10(19-3)5-6-11(12)14(18)20-4/h5-8,15H,1-4H3. The number of hydrogen-bond acceptors (Lipinski definition) is 5. The second-order valence-corrected chi connectivity index (χ2v) is 4.32. The molecule has 20 heavy (non-hydrogen) atoms. The Morgan fingerprint density at radius 2 is 2.05 bits per heavy atom. The molecule has 2 rings (SSSR count). The summed E-state index contributed by atoms with van der Waals surface area (Å²) in [4.78, 5) is 11.8. The summed E-state index contributed by atoms with van der Waals surface area (Å²) in [5, 5.41) is 7.42. The van der Waals surface area contributed by atoms with Crippen molar-refractivity contribution in [1.29, 1.82) is 0 Å². The number of esters is 1. The molecule has 0 atom stereocenters. The maximum Gasteiger partial charge on any atom is 0.339 e. The first-order chi connectivity index (χ1) is 9.55. The molecule has 2 aromatic rings. The zero-order chi connectivity index (χ0) is 14.7. The Labute approximate surface area is 117 Å². The summed E-state index contributed by atoms with van der Waals surface area (Å²) >= 11 is 0. The molecule has 1 heterocycles. The van der Waals surface area contributed by atoms with Gasteiger partial charge in [0, 0.05) is 19.2 Å². The molecule has 1 aromatic carbocycles. The van der Waals surface area contributed by atoms with E-state index in [0.717, 1.165) is 11.5 Å². The van der Waals surface area contributed by atoms with Crippen LogP contribution < -0.4 is 10.1 Å². The van der Waals surface area contributed by atoms with Gasteiger partial charge >= 0.3 is 5.97 Å². The number of benzene rings is 1. The fourth-order valence-corrected chi connectivity index (χ4v) is 1.91. The number of ether oxygens (including phenoxy) is 2. The highest BCUT2D eigenvalue weighted by molar-refractivity contribution is 5.96. The van der Waals surface area contributed by atoms with Crippen LogP contribution in [0.15, 0.2) is 24.3 Å². The first-order valence-electron chi connectivity index (χ1n) is 6.09. The number of rotatable bonds is 4. The van der Waals surface area contributed by atoms with E-state index < -0.39 is 5.97 Å². The van der Waals surface area contributed by atoms with E-state index in [1.54, 1.807) is 30.0 Å². The SMILES string of the molecule is COC(=O)c1ccc(OC)cc1Nc1cc(C)nn1C. The Morgan fingerprint density at radius 1 is 1.30 bits per heavy atom. The number of aromatic nitrogens is 2. The van der Waals surface area contributed by atoms with E-state index in [1.807, 2.05) is 20.0 Å². The number of carbonyl (C=O) groups is 1. The van der Waals surface area contributed by atoms with Crippen molar-refractivity contribution in [3.8, 4) is 5.75 Å². The predicted octanol–water partition coefficient (Wildman–Crippen LogP) is 2.27. The van der Waals surface area contributed by atoms with Gasteiger partial charge in [0.1, 0.15) is 11.6 Å². The van der Waals surface area contributed by atoms with Crippen molar-refractivity contribution in [3.05, 3.63) is 35.5 Å². The molecule has 6 heteroatoms. The maximum atomic E-state index is 11.8. The summed E-state index contributed by atoms with van der Waals surface area (Å²) < 4.78 is 11.7. The van der Waals surface area contributed by atoms with Crippen LogP contribution in [-0.4, -0.2) is 30.0 Å². The fourth-order valence-electron chi connectivity index (χ4n) is 1.91. The lowest BCUT2D eigenvalue weighted by atomic mass is 10.1. The molecule has 0 saturated heterocycles. The van der Waals surface area contributed by atoms with Crippen molar-refractivity contribution in [2.24, 2.45) is 7.05 Å². The molecular formula is C14H17N3O3. The topological polar surface area (TPSA) is 65.4 Å². The summed E-state index contributed by atoms with van der Waals surface area (Å²) in [5.74, 6) is 1.02. The quantitative estimate of drug-likeness (QED) is 0.867. The van der Waals surface area contributed by atoms with Crippen molar-refractivity contribution < 1.29 is 14.3 Å². The van der Waals surface area contributed by atoms with Gasteiger partial charge in [-0.2, -0.15) is 5.10 Å². The second-order valence-electron chi connectivity index (χ2n) is 4.32. The molecule has 0 amide bonds. The minimum atomic E-state index is -0.408. The molecule has 6 nitrogen and oxygen atoms in total. The van der Waals surface area contributed by atoms with Crippen LogP contribution >= 0.6 is 0 Å². The minimum Gasteiger partial charge on any atom is -0.497 e. The fraction of sp³-hybridized carbons (Fsp3) is 0.286. The summed E-state index contributed by atoms with van der Waals surface area (Å²) in [7, 11) is 4.75. The molecule has 1 N–H and O–H groups in total. The third kappa shape index (κ3) is 2.74. The third-order valence-corrected chi connectivity index (χ3v) is 2.90. The van der Waals surface area contributed by atoms with Crippen molar-refractivity contribution in [3.63, 3.8) is 0 Å². The number of nitrogens with one attached hydrogen (secondary N) is 1. The monoisotopic (exact) mass is 275 g/mol. The number of methoxy groups -OCH3 is 2. The molecule has 0 saturated carbocycles. The molecular weight excluding hydrogens is 258 g/mol. The summed E-state index contributed by atoms with van der Waals surface area (Å²) in [5.41, 5.74) is 1.93. The smallest absolute Gasteiger partial charge is 0.339 e. The Balaban J connectivity index is 2.42. The van der Waals surface area contributed by atoms with Gasteiger partial charge in [-0.25, -0.2) is 4.79 Å². The summed E-state index contributed by atoms with van der Waals surface area (Å²) in [6.07, 6.45) is 0. The molecule has 0 aliphatic carbocycles. The van der Waals surface area contributed by atoms with Crippen LogP contribution in [0.25, 0.3) is 0 Å². The lowest BCUT2D eigenvalue weighted by Crippen LogP contribution is -2.07. The molecule has 1 aromatic heterocycles. The van der Waals surface area contributed by atoms with E-state index >= 15 is 0 Å². The van der Waals surface area contributed by atoms with Crippen LogP contribution in [0.5, 0.6) is 5.75 Å². The second kappa shape index (κ2) is 5.64. The molecule has 0 aliphatic heterocycles. The van der Waals surface area contributed by atoms with Gasteiger partial charge in [-0.1, -0.05) is 0 Å². The van der Waals surface area contributed by atoms with Gasteiger partial charge in [-0.3, -0.25) is 4.68 Å². The molecule has 0 bridgehead atoms. The Morgan fingerprint density at radius 3 is 2.60 bits per heavy atom. The Bertz CT molecular complexity index is 635. The highest BCUT2D eigenvalue weighted by Gasteiger charge is 2.14. The summed E-state index contributed by atoms with van der Waals surface area (Å²) in [6, 6.07) is 7.01. The molecule has 0 aliphatic rings.